The largest absolute Gasteiger partial charge is 0.263 e. The second kappa shape index (κ2) is 4.39. The molecule has 0 saturated heterocycles. The Kier molecular flexibility index (Phi) is 2.75. The minimum atomic E-state index is -0.270. The van der Waals surface area contributed by atoms with Crippen LogP contribution in [0.25, 0.3) is 0 Å². The molecule has 1 nitrogen and oxygen atoms in total. The molecule has 0 amide bonds. The lowest BCUT2D eigenvalue weighted by Crippen LogP contribution is -1.78. The van der Waals surface area contributed by atoms with Crippen LogP contribution in [0.4, 0.5) is 4.39 Å². The highest BCUT2D eigenvalue weighted by Crippen LogP contribution is 2.02. The molecule has 0 unspecified atom stereocenters. The zero-order chi connectivity index (χ0) is 10.5. The van der Waals surface area contributed by atoms with Gasteiger partial charge >= 0.3 is 0 Å². The van der Waals surface area contributed by atoms with E-state index in [0.717, 1.165) is 5.56 Å². The average Bonchev–Trinajstić information content (AvgIpc) is 2.28. The third-order valence-electron chi connectivity index (χ3n) is 1.84. The summed E-state index contributed by atoms with van der Waals surface area (Å²) in [4.78, 5) is 3.94. The molecule has 0 aliphatic carbocycles. The van der Waals surface area contributed by atoms with E-state index in [9.17, 15) is 4.39 Å². The maximum atomic E-state index is 12.8. The van der Waals surface area contributed by atoms with Gasteiger partial charge in [-0.15, -0.1) is 0 Å². The Morgan fingerprint density at radius 2 is 1.80 bits per heavy atom. The Bertz CT molecular complexity index is 509. The molecule has 2 rings (SSSR count). The van der Waals surface area contributed by atoms with Gasteiger partial charge in [0, 0.05) is 23.5 Å². The summed E-state index contributed by atoms with van der Waals surface area (Å²) in [7, 11) is 0. The van der Waals surface area contributed by atoms with Gasteiger partial charge in [0.25, 0.3) is 0 Å². The molecule has 0 spiro atoms. The van der Waals surface area contributed by atoms with E-state index < -0.39 is 0 Å². The zero-order valence-corrected chi connectivity index (χ0v) is 7.94. The lowest BCUT2D eigenvalue weighted by Gasteiger charge is -1.90. The van der Waals surface area contributed by atoms with Crippen LogP contribution in [0.5, 0.6) is 0 Å². The molecule has 1 heterocycles. The fourth-order valence-electron chi connectivity index (χ4n) is 1.15. The monoisotopic (exact) mass is 197 g/mol. The first kappa shape index (κ1) is 9.42. The smallest absolute Gasteiger partial charge is 0.124 e. The number of rotatable bonds is 0. The van der Waals surface area contributed by atoms with Crippen LogP contribution in [0.2, 0.25) is 0 Å². The molecule has 0 bridgehead atoms. The highest BCUT2D eigenvalue weighted by Gasteiger charge is 1.89. The van der Waals surface area contributed by atoms with E-state index in [0.29, 0.717) is 5.56 Å². The number of benzene rings is 1. The summed E-state index contributed by atoms with van der Waals surface area (Å²) < 4.78 is 12.8. The molecule has 0 aliphatic heterocycles. The number of nitrogens with zero attached hydrogens (tertiary/aromatic N) is 1. The fourth-order valence-corrected chi connectivity index (χ4v) is 1.15. The van der Waals surface area contributed by atoms with Crippen LogP contribution in [0, 0.1) is 17.7 Å². The van der Waals surface area contributed by atoms with Gasteiger partial charge in [-0.25, -0.2) is 4.39 Å². The van der Waals surface area contributed by atoms with E-state index in [2.05, 4.69) is 16.8 Å². The van der Waals surface area contributed by atoms with E-state index >= 15 is 0 Å². The molecular weight excluding hydrogens is 189 g/mol. The number of aromatic nitrogens is 1. The van der Waals surface area contributed by atoms with Gasteiger partial charge in [0.15, 0.2) is 0 Å². The normalized spacial score (nSPS) is 9.13. The highest BCUT2D eigenvalue weighted by atomic mass is 19.1. The third kappa shape index (κ3) is 2.65. The molecular formula is C13H8FN. The summed E-state index contributed by atoms with van der Waals surface area (Å²) in [6.45, 7) is 0. The number of hydrogen-bond acceptors (Lipinski definition) is 1. The molecule has 2 heteroatoms. The second-order valence-electron chi connectivity index (χ2n) is 3.00. The summed E-state index contributed by atoms with van der Waals surface area (Å²) in [6.07, 6.45) is 3.36. The molecule has 0 aliphatic rings. The quantitative estimate of drug-likeness (QED) is 0.591. The Morgan fingerprint density at radius 1 is 1.00 bits per heavy atom. The topological polar surface area (TPSA) is 12.9 Å². The van der Waals surface area contributed by atoms with Gasteiger partial charge in [-0.05, 0) is 30.3 Å². The minimum absolute atomic E-state index is 0.270. The summed E-state index contributed by atoms with van der Waals surface area (Å²) in [6, 6.07) is 9.89. The fraction of sp³-hybridized carbons (Fsp3) is 0. The lowest BCUT2D eigenvalue weighted by atomic mass is 10.2. The van der Waals surface area contributed by atoms with Crippen molar-refractivity contribution < 1.29 is 4.39 Å². The van der Waals surface area contributed by atoms with Crippen molar-refractivity contribution in [1.29, 1.82) is 0 Å². The van der Waals surface area contributed by atoms with E-state index in [4.69, 9.17) is 0 Å². The van der Waals surface area contributed by atoms with Gasteiger partial charge in [-0.3, -0.25) is 4.98 Å². The molecule has 0 fully saturated rings. The maximum Gasteiger partial charge on any atom is 0.124 e. The number of halogens is 1. The van der Waals surface area contributed by atoms with Crippen LogP contribution in [-0.2, 0) is 0 Å². The van der Waals surface area contributed by atoms with Crippen molar-refractivity contribution in [2.45, 2.75) is 0 Å². The Hall–Kier alpha value is -2.14. The summed E-state index contributed by atoms with van der Waals surface area (Å²) in [5, 5.41) is 0. The minimum Gasteiger partial charge on any atom is -0.263 e. The van der Waals surface area contributed by atoms with E-state index in [1.165, 1.54) is 12.1 Å². The molecule has 1 aromatic carbocycles. The molecule has 1 aromatic heterocycles. The van der Waals surface area contributed by atoms with Crippen molar-refractivity contribution in [1.82, 2.24) is 4.98 Å². The van der Waals surface area contributed by atoms with Gasteiger partial charge in [-0.2, -0.15) is 0 Å². The Morgan fingerprint density at radius 3 is 2.53 bits per heavy atom. The molecule has 0 saturated carbocycles. The standard InChI is InChI=1S/C13H8FN/c14-13-5-1-3-11(9-13)6-7-12-4-2-8-15-10-12/h1-5,8-10H. The summed E-state index contributed by atoms with van der Waals surface area (Å²) in [5.41, 5.74) is 1.49. The van der Waals surface area contributed by atoms with E-state index in [1.54, 1.807) is 24.5 Å². The van der Waals surface area contributed by atoms with Crippen LogP contribution in [0.1, 0.15) is 11.1 Å². The third-order valence-corrected chi connectivity index (χ3v) is 1.84. The Labute approximate surface area is 87.6 Å². The van der Waals surface area contributed by atoms with E-state index in [1.807, 2.05) is 12.1 Å². The average molecular weight is 197 g/mol. The zero-order valence-electron chi connectivity index (χ0n) is 7.94. The maximum absolute atomic E-state index is 12.8. The molecule has 72 valence electrons. The van der Waals surface area contributed by atoms with Gasteiger partial charge < -0.3 is 0 Å². The predicted molar refractivity (Wildman–Crippen MR) is 56.6 cm³/mol. The Balaban J connectivity index is 2.26. The van der Waals surface area contributed by atoms with Crippen molar-refractivity contribution in [3.05, 3.63) is 65.7 Å². The van der Waals surface area contributed by atoms with Gasteiger partial charge in [0.05, 0.1) is 0 Å². The molecule has 15 heavy (non-hydrogen) atoms. The SMILES string of the molecule is Fc1cccc(C#Cc2cccnc2)c1. The summed E-state index contributed by atoms with van der Waals surface area (Å²) >= 11 is 0. The molecule has 2 aromatic rings. The molecule has 0 N–H and O–H groups in total. The van der Waals surface area contributed by atoms with Crippen molar-refractivity contribution in [2.24, 2.45) is 0 Å². The summed E-state index contributed by atoms with van der Waals surface area (Å²) in [5.74, 6) is 5.51. The highest BCUT2D eigenvalue weighted by molar-refractivity contribution is 5.41. The van der Waals surface area contributed by atoms with Gasteiger partial charge in [0.1, 0.15) is 5.82 Å². The van der Waals surface area contributed by atoms with E-state index in [-0.39, 0.29) is 5.82 Å². The van der Waals surface area contributed by atoms with Crippen LogP contribution < -0.4 is 0 Å². The number of pyridine rings is 1. The first-order valence-electron chi connectivity index (χ1n) is 4.52. The van der Waals surface area contributed by atoms with Gasteiger partial charge in [0.2, 0.25) is 0 Å². The molecule has 0 radical (unpaired) electrons. The number of hydrogen-bond donors (Lipinski definition) is 0. The second-order valence-corrected chi connectivity index (χ2v) is 3.00. The van der Waals surface area contributed by atoms with Crippen LogP contribution >= 0.6 is 0 Å². The van der Waals surface area contributed by atoms with Crippen LogP contribution in [0.15, 0.2) is 48.8 Å². The van der Waals surface area contributed by atoms with Crippen molar-refractivity contribution in [3.8, 4) is 11.8 Å². The van der Waals surface area contributed by atoms with Crippen molar-refractivity contribution in [3.63, 3.8) is 0 Å². The first-order chi connectivity index (χ1) is 7.34. The molecule has 0 atom stereocenters. The van der Waals surface area contributed by atoms with Gasteiger partial charge in [-0.1, -0.05) is 17.9 Å². The first-order valence-corrected chi connectivity index (χ1v) is 4.52. The van der Waals surface area contributed by atoms with Crippen LogP contribution in [0.3, 0.4) is 0 Å². The van der Waals surface area contributed by atoms with Crippen molar-refractivity contribution >= 4 is 0 Å². The lowest BCUT2D eigenvalue weighted by molar-refractivity contribution is 0.627. The van der Waals surface area contributed by atoms with Crippen LogP contribution in [-0.4, -0.2) is 4.98 Å². The predicted octanol–water partition coefficient (Wildman–Crippen LogP) is 2.62. The van der Waals surface area contributed by atoms with Crippen molar-refractivity contribution in [2.75, 3.05) is 0 Å².